The maximum atomic E-state index is 12.2. The van der Waals surface area contributed by atoms with Crippen molar-refractivity contribution in [3.05, 3.63) is 90.9 Å². The van der Waals surface area contributed by atoms with E-state index in [-0.39, 0.29) is 35.7 Å². The van der Waals surface area contributed by atoms with Crippen molar-refractivity contribution in [1.82, 2.24) is 0 Å². The number of carbonyl (C=O) groups excluding carboxylic acids is 4. The molecule has 15 heteroatoms. The standard InChI is InChI=1S/C38H30O8S7/c1-14(39)43-22-7-8-23(44-15(2)40)33-32(22)50-36(51-33)30-20-12-26-27(49-38(47)48-26)13-21(20)31(29-19-6-5-18(11-19)28(29)30)37-52-34-24(45-16(3)41)9-10-25(35(34)53-37)46-17(4)42/h5-10,12-13,18-19,22-25,28-29H,11H2,1-4H3. The first-order valence-corrected chi connectivity index (χ1v) is 22.2. The van der Waals surface area contributed by atoms with E-state index >= 15 is 0 Å². The van der Waals surface area contributed by atoms with E-state index in [0.29, 0.717) is 11.8 Å². The van der Waals surface area contributed by atoms with Gasteiger partial charge in [-0.15, -0.1) is 22.7 Å². The summed E-state index contributed by atoms with van der Waals surface area (Å²) in [6.45, 7) is 5.62. The molecule has 2 aromatic rings. The van der Waals surface area contributed by atoms with E-state index < -0.39 is 24.4 Å². The van der Waals surface area contributed by atoms with Crippen molar-refractivity contribution in [1.29, 1.82) is 0 Å². The van der Waals surface area contributed by atoms with E-state index in [4.69, 9.17) is 31.2 Å². The molecule has 2 aliphatic heterocycles. The first-order valence-electron chi connectivity index (χ1n) is 16.9. The van der Waals surface area contributed by atoms with Crippen LogP contribution in [-0.4, -0.2) is 48.3 Å². The van der Waals surface area contributed by atoms with Gasteiger partial charge in [0, 0.05) is 56.7 Å². The molecule has 7 aliphatic rings. The van der Waals surface area contributed by atoms with Crippen LogP contribution < -0.4 is 0 Å². The molecular weight excluding hydrogens is 809 g/mol. The summed E-state index contributed by atoms with van der Waals surface area (Å²) in [5.41, 5.74) is 4.79. The predicted molar refractivity (Wildman–Crippen MR) is 217 cm³/mol. The first-order chi connectivity index (χ1) is 25.4. The van der Waals surface area contributed by atoms with Crippen molar-refractivity contribution in [2.24, 2.45) is 23.7 Å². The minimum absolute atomic E-state index is 0.151. The Morgan fingerprint density at radius 1 is 0.547 bits per heavy atom. The highest BCUT2D eigenvalue weighted by Crippen LogP contribution is 2.69. The number of hydrogen-bond donors (Lipinski definition) is 0. The molecule has 2 bridgehead atoms. The molecule has 0 amide bonds. The average Bonchev–Trinajstić information content (AvgIpc) is 3.92. The van der Waals surface area contributed by atoms with Crippen LogP contribution in [0.1, 0.15) is 45.2 Å². The number of esters is 4. The third kappa shape index (κ3) is 6.27. The molecule has 8 unspecified atom stereocenters. The fraction of sp³-hybridized carbons (Fsp3) is 0.342. The van der Waals surface area contributed by atoms with Gasteiger partial charge in [0.2, 0.25) is 0 Å². The molecule has 0 saturated heterocycles. The number of fused-ring (bicyclic) bond motifs is 7. The van der Waals surface area contributed by atoms with Gasteiger partial charge in [0.15, 0.2) is 24.4 Å². The van der Waals surface area contributed by atoms with Gasteiger partial charge >= 0.3 is 23.9 Å². The van der Waals surface area contributed by atoms with Crippen LogP contribution in [-0.2, 0) is 38.1 Å². The van der Waals surface area contributed by atoms with E-state index in [1.54, 1.807) is 94.0 Å². The molecule has 9 rings (SSSR count). The lowest BCUT2D eigenvalue weighted by molar-refractivity contribution is -0.144. The van der Waals surface area contributed by atoms with Gasteiger partial charge in [-0.2, -0.15) is 0 Å². The lowest BCUT2D eigenvalue weighted by Crippen LogP contribution is -2.28. The molecule has 0 spiro atoms. The minimum atomic E-state index is -0.571. The van der Waals surface area contributed by atoms with Crippen molar-refractivity contribution in [2.45, 2.75) is 58.5 Å². The summed E-state index contributed by atoms with van der Waals surface area (Å²) in [6, 6.07) is 4.59. The van der Waals surface area contributed by atoms with E-state index in [9.17, 15) is 19.2 Å². The monoisotopic (exact) mass is 838 g/mol. The number of carbonyl (C=O) groups is 4. The Balaban J connectivity index is 1.22. The SMILES string of the molecule is CC(=O)OC1C=CC(OC(C)=O)C2=C1SC(=C1c3cc4sc(=S)sc4cc3C(=C3SC4=C(S3)C(OC(C)=O)C=CC4OC(C)=O)C3C4C=CC(C4)C13)S2. The maximum absolute atomic E-state index is 12.2. The number of ether oxygens (including phenoxy) is 4. The molecule has 8 atom stereocenters. The smallest absolute Gasteiger partial charge is 0.303 e. The first kappa shape index (κ1) is 35.9. The number of rotatable bonds is 4. The predicted octanol–water partition coefficient (Wildman–Crippen LogP) is 9.73. The van der Waals surface area contributed by atoms with Crippen molar-refractivity contribution in [3.8, 4) is 0 Å². The van der Waals surface area contributed by atoms with Crippen LogP contribution in [0.25, 0.3) is 20.5 Å². The number of thioether (sulfide) groups is 4. The van der Waals surface area contributed by atoms with E-state index in [0.717, 1.165) is 58.2 Å². The van der Waals surface area contributed by atoms with Crippen LogP contribution in [0.5, 0.6) is 0 Å². The summed E-state index contributed by atoms with van der Waals surface area (Å²) >= 11 is 15.4. The van der Waals surface area contributed by atoms with Gasteiger partial charge in [-0.05, 0) is 88.8 Å². The van der Waals surface area contributed by atoms with E-state index in [2.05, 4.69) is 24.3 Å². The summed E-state index contributed by atoms with van der Waals surface area (Å²) in [4.78, 5) is 52.3. The molecule has 0 N–H and O–H groups in total. The Labute approximate surface area is 335 Å². The summed E-state index contributed by atoms with van der Waals surface area (Å²) < 4.78 is 28.4. The van der Waals surface area contributed by atoms with Crippen molar-refractivity contribution in [2.75, 3.05) is 0 Å². The average molecular weight is 839 g/mol. The fourth-order valence-electron chi connectivity index (χ4n) is 8.32. The summed E-state index contributed by atoms with van der Waals surface area (Å²) in [6.07, 6.45) is 10.7. The Kier molecular flexibility index (Phi) is 9.31. The third-order valence-electron chi connectivity index (χ3n) is 10.0. The highest BCUT2D eigenvalue weighted by atomic mass is 32.2. The molecule has 8 nitrogen and oxygen atoms in total. The van der Waals surface area contributed by atoms with Crippen LogP contribution in [0.2, 0.25) is 0 Å². The minimum Gasteiger partial charge on any atom is -0.453 e. The Hall–Kier alpha value is -2.79. The van der Waals surface area contributed by atoms with E-state index in [1.165, 1.54) is 38.8 Å². The second-order valence-electron chi connectivity index (χ2n) is 13.5. The zero-order chi connectivity index (χ0) is 36.9. The van der Waals surface area contributed by atoms with Crippen LogP contribution in [0.15, 0.2) is 76.7 Å². The Morgan fingerprint density at radius 2 is 0.868 bits per heavy atom. The highest BCUT2D eigenvalue weighted by molar-refractivity contribution is 8.29. The lowest BCUT2D eigenvalue weighted by atomic mass is 9.66. The van der Waals surface area contributed by atoms with E-state index in [1.807, 2.05) is 0 Å². The summed E-state index contributed by atoms with van der Waals surface area (Å²) in [5.74, 6) is -0.611. The van der Waals surface area contributed by atoms with Gasteiger partial charge in [0.05, 0.1) is 8.47 Å². The quantitative estimate of drug-likeness (QED) is 0.126. The molecule has 53 heavy (non-hydrogen) atoms. The van der Waals surface area contributed by atoms with Gasteiger partial charge < -0.3 is 18.9 Å². The fourth-order valence-corrected chi connectivity index (χ4v) is 16.8. The number of benzene rings is 1. The third-order valence-corrected chi connectivity index (χ3v) is 18.2. The number of hydrogen-bond acceptors (Lipinski definition) is 15. The molecule has 1 aromatic heterocycles. The lowest BCUT2D eigenvalue weighted by Gasteiger charge is -2.40. The van der Waals surface area contributed by atoms with Crippen LogP contribution in [0.3, 0.4) is 0 Å². The normalized spacial score (nSPS) is 30.5. The zero-order valence-electron chi connectivity index (χ0n) is 28.6. The molecule has 1 saturated carbocycles. The molecule has 3 heterocycles. The highest BCUT2D eigenvalue weighted by Gasteiger charge is 2.54. The number of allylic oxidation sites excluding steroid dienone is 4. The molecule has 5 aliphatic carbocycles. The van der Waals surface area contributed by atoms with Gasteiger partial charge in [0.1, 0.15) is 3.14 Å². The molecular formula is C38H30O8S7. The summed E-state index contributed by atoms with van der Waals surface area (Å²) in [5, 5.41) is 0. The van der Waals surface area contributed by atoms with Gasteiger partial charge in [-0.3, -0.25) is 19.2 Å². The molecule has 1 aromatic carbocycles. The summed E-state index contributed by atoms with van der Waals surface area (Å²) in [7, 11) is 0. The van der Waals surface area contributed by atoms with Crippen LogP contribution >= 0.6 is 81.9 Å². The van der Waals surface area contributed by atoms with Gasteiger partial charge in [0.25, 0.3) is 0 Å². The zero-order valence-corrected chi connectivity index (χ0v) is 34.3. The molecule has 0 radical (unpaired) electrons. The van der Waals surface area contributed by atoms with Crippen molar-refractivity contribution >= 4 is 126 Å². The molecule has 1 fully saturated rings. The largest absolute Gasteiger partial charge is 0.453 e. The van der Waals surface area contributed by atoms with Gasteiger partial charge in [-0.25, -0.2) is 0 Å². The van der Waals surface area contributed by atoms with Crippen LogP contribution in [0, 0.1) is 26.8 Å². The van der Waals surface area contributed by atoms with Gasteiger partial charge in [-0.1, -0.05) is 71.4 Å². The second-order valence-corrected chi connectivity index (χ2v) is 21.5. The second kappa shape index (κ2) is 13.7. The van der Waals surface area contributed by atoms with Crippen molar-refractivity contribution < 1.29 is 38.1 Å². The maximum Gasteiger partial charge on any atom is 0.303 e. The topological polar surface area (TPSA) is 105 Å². The molecule has 272 valence electrons. The Bertz CT molecular complexity index is 2100. The Morgan fingerprint density at radius 3 is 1.17 bits per heavy atom. The van der Waals surface area contributed by atoms with Crippen LogP contribution in [0.4, 0.5) is 0 Å². The van der Waals surface area contributed by atoms with Crippen molar-refractivity contribution in [3.63, 3.8) is 0 Å².